The number of hydrogen-bond acceptors (Lipinski definition) is 3. The van der Waals surface area contributed by atoms with Gasteiger partial charge in [0.05, 0.1) is 6.07 Å². The average Bonchev–Trinajstić information content (AvgIpc) is 2.47. The van der Waals surface area contributed by atoms with Crippen LogP contribution in [0.2, 0.25) is 0 Å². The Labute approximate surface area is 73.2 Å². The molecule has 0 aromatic carbocycles. The van der Waals surface area contributed by atoms with Crippen molar-refractivity contribution >= 4 is 0 Å². The SMILES string of the molecule is CCCC1CCC(C#N)N1C#N. The number of likely N-dealkylation sites (tertiary alicyclic amines) is 1. The Balaban J connectivity index is 2.59. The van der Waals surface area contributed by atoms with E-state index in [1.54, 1.807) is 4.90 Å². The first-order valence-corrected chi connectivity index (χ1v) is 4.41. The van der Waals surface area contributed by atoms with Gasteiger partial charge in [0.25, 0.3) is 0 Å². The highest BCUT2D eigenvalue weighted by Crippen LogP contribution is 2.25. The second kappa shape index (κ2) is 3.97. The van der Waals surface area contributed by atoms with Crippen LogP contribution in [0.1, 0.15) is 32.6 Å². The van der Waals surface area contributed by atoms with E-state index in [2.05, 4.69) is 19.2 Å². The van der Waals surface area contributed by atoms with Gasteiger partial charge in [-0.05, 0) is 19.3 Å². The van der Waals surface area contributed by atoms with Crippen LogP contribution in [0.4, 0.5) is 0 Å². The minimum atomic E-state index is -0.161. The van der Waals surface area contributed by atoms with Gasteiger partial charge in [0.2, 0.25) is 0 Å². The fourth-order valence-corrected chi connectivity index (χ4v) is 1.78. The lowest BCUT2D eigenvalue weighted by Crippen LogP contribution is -2.30. The van der Waals surface area contributed by atoms with E-state index in [-0.39, 0.29) is 6.04 Å². The molecule has 2 unspecified atom stereocenters. The Morgan fingerprint density at radius 3 is 2.67 bits per heavy atom. The van der Waals surface area contributed by atoms with Crippen molar-refractivity contribution in [3.63, 3.8) is 0 Å². The Morgan fingerprint density at radius 2 is 2.17 bits per heavy atom. The van der Waals surface area contributed by atoms with E-state index in [1.165, 1.54) is 0 Å². The Kier molecular flexibility index (Phi) is 2.94. The molecule has 0 aliphatic carbocycles. The van der Waals surface area contributed by atoms with Crippen LogP contribution in [0.3, 0.4) is 0 Å². The maximum atomic E-state index is 8.79. The van der Waals surface area contributed by atoms with Gasteiger partial charge in [0, 0.05) is 6.04 Å². The van der Waals surface area contributed by atoms with Gasteiger partial charge in [-0.15, -0.1) is 0 Å². The standard InChI is InChI=1S/C9H13N3/c1-2-3-8-4-5-9(6-10)12(8)7-11/h8-9H,2-5H2,1H3. The van der Waals surface area contributed by atoms with Crippen molar-refractivity contribution in [1.82, 2.24) is 4.90 Å². The molecule has 1 aliphatic rings. The molecule has 0 amide bonds. The molecule has 1 saturated heterocycles. The normalized spacial score (nSPS) is 28.1. The van der Waals surface area contributed by atoms with Crippen LogP contribution in [0.15, 0.2) is 0 Å². The van der Waals surface area contributed by atoms with Gasteiger partial charge in [0.1, 0.15) is 6.04 Å². The molecule has 0 spiro atoms. The van der Waals surface area contributed by atoms with Gasteiger partial charge in [-0.2, -0.15) is 10.5 Å². The first-order chi connectivity index (χ1) is 5.83. The van der Waals surface area contributed by atoms with E-state index in [0.29, 0.717) is 6.04 Å². The Morgan fingerprint density at radius 1 is 1.42 bits per heavy atom. The van der Waals surface area contributed by atoms with Crippen LogP contribution in [-0.2, 0) is 0 Å². The van der Waals surface area contributed by atoms with Gasteiger partial charge in [-0.3, -0.25) is 4.90 Å². The zero-order valence-corrected chi connectivity index (χ0v) is 7.32. The molecule has 64 valence electrons. The van der Waals surface area contributed by atoms with Gasteiger partial charge >= 0.3 is 0 Å². The summed E-state index contributed by atoms with van der Waals surface area (Å²) in [6.45, 7) is 2.11. The predicted molar refractivity (Wildman–Crippen MR) is 44.8 cm³/mol. The number of nitriles is 2. The maximum Gasteiger partial charge on any atom is 0.180 e. The van der Waals surface area contributed by atoms with E-state index in [4.69, 9.17) is 10.5 Å². The molecule has 0 N–H and O–H groups in total. The number of rotatable bonds is 2. The molecule has 0 aromatic heterocycles. The summed E-state index contributed by atoms with van der Waals surface area (Å²) >= 11 is 0. The van der Waals surface area contributed by atoms with Gasteiger partial charge in [-0.25, -0.2) is 0 Å². The summed E-state index contributed by atoms with van der Waals surface area (Å²) in [5.41, 5.74) is 0. The van der Waals surface area contributed by atoms with E-state index in [0.717, 1.165) is 25.7 Å². The third-order valence-corrected chi connectivity index (χ3v) is 2.39. The zero-order chi connectivity index (χ0) is 8.97. The quantitative estimate of drug-likeness (QED) is 0.581. The fourth-order valence-electron chi connectivity index (χ4n) is 1.78. The summed E-state index contributed by atoms with van der Waals surface area (Å²) in [7, 11) is 0. The molecule has 0 bridgehead atoms. The molecule has 3 nitrogen and oxygen atoms in total. The highest BCUT2D eigenvalue weighted by atomic mass is 15.2. The molecule has 0 aromatic rings. The topological polar surface area (TPSA) is 50.8 Å². The van der Waals surface area contributed by atoms with Crippen LogP contribution in [0.25, 0.3) is 0 Å². The van der Waals surface area contributed by atoms with Crippen LogP contribution >= 0.6 is 0 Å². The molecule has 1 aliphatic heterocycles. The molecule has 0 saturated carbocycles. The first kappa shape index (κ1) is 8.87. The second-order valence-corrected chi connectivity index (χ2v) is 3.17. The van der Waals surface area contributed by atoms with E-state index < -0.39 is 0 Å². The minimum Gasteiger partial charge on any atom is -0.291 e. The molecule has 1 rings (SSSR count). The van der Waals surface area contributed by atoms with E-state index in [1.807, 2.05) is 0 Å². The largest absolute Gasteiger partial charge is 0.291 e. The number of hydrogen-bond donors (Lipinski definition) is 0. The fraction of sp³-hybridized carbons (Fsp3) is 0.778. The molecule has 1 heterocycles. The van der Waals surface area contributed by atoms with Crippen molar-refractivity contribution in [2.75, 3.05) is 0 Å². The molecular weight excluding hydrogens is 150 g/mol. The van der Waals surface area contributed by atoms with Crippen molar-refractivity contribution in [2.24, 2.45) is 0 Å². The third-order valence-electron chi connectivity index (χ3n) is 2.39. The Bertz CT molecular complexity index is 223. The summed E-state index contributed by atoms with van der Waals surface area (Å²) in [5, 5.41) is 17.5. The Hall–Kier alpha value is -1.22. The molecule has 3 heteroatoms. The first-order valence-electron chi connectivity index (χ1n) is 4.41. The van der Waals surface area contributed by atoms with E-state index in [9.17, 15) is 0 Å². The molecule has 12 heavy (non-hydrogen) atoms. The van der Waals surface area contributed by atoms with Gasteiger partial charge in [-0.1, -0.05) is 13.3 Å². The van der Waals surface area contributed by atoms with Crippen molar-refractivity contribution in [1.29, 1.82) is 10.5 Å². The highest BCUT2D eigenvalue weighted by molar-refractivity contribution is 5.04. The lowest BCUT2D eigenvalue weighted by Gasteiger charge is -2.19. The van der Waals surface area contributed by atoms with Crippen LogP contribution < -0.4 is 0 Å². The summed E-state index contributed by atoms with van der Waals surface area (Å²) in [4.78, 5) is 1.66. The molecular formula is C9H13N3. The lowest BCUT2D eigenvalue weighted by atomic mass is 10.1. The number of nitrogens with zero attached hydrogens (tertiary/aromatic N) is 3. The van der Waals surface area contributed by atoms with Crippen molar-refractivity contribution < 1.29 is 0 Å². The highest BCUT2D eigenvalue weighted by Gasteiger charge is 2.31. The summed E-state index contributed by atoms with van der Waals surface area (Å²) < 4.78 is 0. The van der Waals surface area contributed by atoms with E-state index >= 15 is 0 Å². The van der Waals surface area contributed by atoms with Crippen LogP contribution in [0, 0.1) is 22.8 Å². The molecule has 1 fully saturated rings. The van der Waals surface area contributed by atoms with Crippen molar-refractivity contribution in [3.05, 3.63) is 0 Å². The summed E-state index contributed by atoms with van der Waals surface area (Å²) in [6, 6.07) is 2.32. The van der Waals surface area contributed by atoms with Gasteiger partial charge < -0.3 is 0 Å². The lowest BCUT2D eigenvalue weighted by molar-refractivity contribution is 0.311. The zero-order valence-electron chi connectivity index (χ0n) is 7.32. The minimum absolute atomic E-state index is 0.161. The summed E-state index contributed by atoms with van der Waals surface area (Å²) in [5.74, 6) is 0. The van der Waals surface area contributed by atoms with Gasteiger partial charge in [0.15, 0.2) is 6.19 Å². The third kappa shape index (κ3) is 1.51. The second-order valence-electron chi connectivity index (χ2n) is 3.17. The maximum absolute atomic E-state index is 8.79. The van der Waals surface area contributed by atoms with Crippen molar-refractivity contribution in [2.45, 2.75) is 44.7 Å². The molecule has 0 radical (unpaired) electrons. The summed E-state index contributed by atoms with van der Waals surface area (Å²) in [6.07, 6.45) is 6.08. The molecule has 2 atom stereocenters. The average molecular weight is 163 g/mol. The smallest absolute Gasteiger partial charge is 0.180 e. The van der Waals surface area contributed by atoms with Crippen LogP contribution in [0.5, 0.6) is 0 Å². The van der Waals surface area contributed by atoms with Crippen molar-refractivity contribution in [3.8, 4) is 12.3 Å². The monoisotopic (exact) mass is 163 g/mol. The van der Waals surface area contributed by atoms with Crippen LogP contribution in [-0.4, -0.2) is 17.0 Å². The predicted octanol–water partition coefficient (Wildman–Crippen LogP) is 1.62.